The van der Waals surface area contributed by atoms with Gasteiger partial charge in [0.05, 0.1) is 7.11 Å². The molecule has 0 fully saturated rings. The van der Waals surface area contributed by atoms with Crippen molar-refractivity contribution in [3.8, 4) is 11.5 Å². The number of ether oxygens (including phenoxy) is 2. The molecule has 0 aliphatic carbocycles. The van der Waals surface area contributed by atoms with Crippen LogP contribution in [0.25, 0.3) is 0 Å². The van der Waals surface area contributed by atoms with Crippen molar-refractivity contribution in [2.75, 3.05) is 12.4 Å². The van der Waals surface area contributed by atoms with Crippen LogP contribution in [0, 0.1) is 11.6 Å². The Morgan fingerprint density at radius 3 is 2.37 bits per heavy atom. The van der Waals surface area contributed by atoms with Crippen molar-refractivity contribution in [2.24, 2.45) is 0 Å². The third-order valence-electron chi connectivity index (χ3n) is 3.82. The Hall–Kier alpha value is -3.41. The lowest BCUT2D eigenvalue weighted by Crippen LogP contribution is -2.25. The van der Waals surface area contributed by atoms with Gasteiger partial charge in [0, 0.05) is 23.4 Å². The molecule has 3 aromatic rings. The highest BCUT2D eigenvalue weighted by molar-refractivity contribution is 5.95. The summed E-state index contributed by atoms with van der Waals surface area (Å²) < 4.78 is 37.5. The second kappa shape index (κ2) is 8.31. The summed E-state index contributed by atoms with van der Waals surface area (Å²) in [4.78, 5) is 12.8. The van der Waals surface area contributed by atoms with Crippen LogP contribution in [0.5, 0.6) is 11.5 Å². The lowest BCUT2D eigenvalue weighted by molar-refractivity contribution is -0.123. The Balaban J connectivity index is 1.87. The molecule has 0 heterocycles. The van der Waals surface area contributed by atoms with Crippen molar-refractivity contribution in [3.05, 3.63) is 90.0 Å². The molecule has 0 saturated carbocycles. The first kappa shape index (κ1) is 18.4. The standard InChI is InChI=1S/C21H17F2NO3/c1-26-16-9-5-8-15(12-16)24-21(25)20(14-6-3-2-4-7-14)27-17-10-11-18(22)19(23)13-17/h2-13,20H,1H3,(H,24,25)/t20-/m0/s1. The Kier molecular flexibility index (Phi) is 5.66. The smallest absolute Gasteiger partial charge is 0.270 e. The lowest BCUT2D eigenvalue weighted by atomic mass is 10.1. The van der Waals surface area contributed by atoms with E-state index in [1.807, 2.05) is 0 Å². The van der Waals surface area contributed by atoms with Crippen LogP contribution in [0.15, 0.2) is 72.8 Å². The van der Waals surface area contributed by atoms with Gasteiger partial charge in [-0.1, -0.05) is 36.4 Å². The van der Waals surface area contributed by atoms with E-state index in [4.69, 9.17) is 9.47 Å². The van der Waals surface area contributed by atoms with Crippen LogP contribution in [0.2, 0.25) is 0 Å². The van der Waals surface area contributed by atoms with Gasteiger partial charge in [0.1, 0.15) is 11.5 Å². The van der Waals surface area contributed by atoms with Gasteiger partial charge in [0.15, 0.2) is 11.6 Å². The summed E-state index contributed by atoms with van der Waals surface area (Å²) in [5.41, 5.74) is 1.09. The van der Waals surface area contributed by atoms with Crippen molar-refractivity contribution in [3.63, 3.8) is 0 Å². The van der Waals surface area contributed by atoms with Gasteiger partial charge in [0.25, 0.3) is 5.91 Å². The topological polar surface area (TPSA) is 47.6 Å². The molecule has 0 radical (unpaired) electrons. The molecule has 6 heteroatoms. The molecule has 0 unspecified atom stereocenters. The number of carbonyl (C=O) groups is 1. The third-order valence-corrected chi connectivity index (χ3v) is 3.82. The molecule has 138 valence electrons. The Bertz CT molecular complexity index is 932. The number of hydrogen-bond donors (Lipinski definition) is 1. The SMILES string of the molecule is COc1cccc(NC(=O)[C@@H](Oc2ccc(F)c(F)c2)c2ccccc2)c1. The summed E-state index contributed by atoms with van der Waals surface area (Å²) >= 11 is 0. The second-order valence-corrected chi connectivity index (χ2v) is 5.71. The zero-order chi connectivity index (χ0) is 19.2. The van der Waals surface area contributed by atoms with E-state index in [-0.39, 0.29) is 5.75 Å². The van der Waals surface area contributed by atoms with Crippen LogP contribution in [0.4, 0.5) is 14.5 Å². The predicted octanol–water partition coefficient (Wildman–Crippen LogP) is 4.73. The molecule has 0 aliphatic rings. The molecular weight excluding hydrogens is 352 g/mol. The number of carbonyl (C=O) groups excluding carboxylic acids is 1. The normalized spacial score (nSPS) is 11.5. The maximum atomic E-state index is 13.5. The van der Waals surface area contributed by atoms with Gasteiger partial charge < -0.3 is 14.8 Å². The lowest BCUT2D eigenvalue weighted by Gasteiger charge is -2.19. The number of benzene rings is 3. The van der Waals surface area contributed by atoms with E-state index in [2.05, 4.69) is 5.32 Å². The van der Waals surface area contributed by atoms with Gasteiger partial charge in [-0.3, -0.25) is 4.79 Å². The highest BCUT2D eigenvalue weighted by Gasteiger charge is 2.23. The molecule has 0 aliphatic heterocycles. The Labute approximate surface area is 155 Å². The number of rotatable bonds is 6. The molecular formula is C21H17F2NO3. The van der Waals surface area contributed by atoms with Crippen LogP contribution >= 0.6 is 0 Å². The van der Waals surface area contributed by atoms with Gasteiger partial charge in [0.2, 0.25) is 6.10 Å². The van der Waals surface area contributed by atoms with Crippen molar-refractivity contribution in [1.29, 1.82) is 0 Å². The molecule has 1 amide bonds. The monoisotopic (exact) mass is 369 g/mol. The molecule has 3 aromatic carbocycles. The number of nitrogens with one attached hydrogen (secondary N) is 1. The quantitative estimate of drug-likeness (QED) is 0.683. The van der Waals surface area contributed by atoms with E-state index >= 15 is 0 Å². The zero-order valence-corrected chi connectivity index (χ0v) is 14.5. The molecule has 1 N–H and O–H groups in total. The zero-order valence-electron chi connectivity index (χ0n) is 14.5. The number of hydrogen-bond acceptors (Lipinski definition) is 3. The fourth-order valence-corrected chi connectivity index (χ4v) is 2.50. The predicted molar refractivity (Wildman–Crippen MR) is 97.8 cm³/mol. The van der Waals surface area contributed by atoms with Gasteiger partial charge in [-0.2, -0.15) is 0 Å². The van der Waals surface area contributed by atoms with E-state index in [9.17, 15) is 13.6 Å². The van der Waals surface area contributed by atoms with Crippen molar-refractivity contribution >= 4 is 11.6 Å². The van der Waals surface area contributed by atoms with Crippen LogP contribution in [-0.2, 0) is 4.79 Å². The van der Waals surface area contributed by atoms with E-state index in [0.29, 0.717) is 17.0 Å². The summed E-state index contributed by atoms with van der Waals surface area (Å²) in [6, 6.07) is 18.8. The van der Waals surface area contributed by atoms with Crippen molar-refractivity contribution < 1.29 is 23.0 Å². The van der Waals surface area contributed by atoms with Gasteiger partial charge in [-0.05, 0) is 24.3 Å². The first-order valence-electron chi connectivity index (χ1n) is 8.18. The summed E-state index contributed by atoms with van der Waals surface area (Å²) in [6.45, 7) is 0. The first-order valence-corrected chi connectivity index (χ1v) is 8.18. The average molecular weight is 369 g/mol. The summed E-state index contributed by atoms with van der Waals surface area (Å²) in [7, 11) is 1.53. The summed E-state index contributed by atoms with van der Waals surface area (Å²) in [6.07, 6.45) is -1.05. The highest BCUT2D eigenvalue weighted by Crippen LogP contribution is 2.26. The van der Waals surface area contributed by atoms with Crippen LogP contribution in [0.1, 0.15) is 11.7 Å². The van der Waals surface area contributed by atoms with Crippen LogP contribution in [0.3, 0.4) is 0 Å². The van der Waals surface area contributed by atoms with E-state index < -0.39 is 23.6 Å². The summed E-state index contributed by atoms with van der Waals surface area (Å²) in [5, 5.41) is 2.75. The molecule has 0 bridgehead atoms. The molecule has 1 atom stereocenters. The number of halogens is 2. The molecule has 4 nitrogen and oxygen atoms in total. The molecule has 0 saturated heterocycles. The fraction of sp³-hybridized carbons (Fsp3) is 0.0952. The fourth-order valence-electron chi connectivity index (χ4n) is 2.50. The Morgan fingerprint density at radius 1 is 0.889 bits per heavy atom. The second-order valence-electron chi connectivity index (χ2n) is 5.71. The number of methoxy groups -OCH3 is 1. The summed E-state index contributed by atoms with van der Waals surface area (Å²) in [5.74, 6) is -1.86. The molecule has 0 spiro atoms. The molecule has 27 heavy (non-hydrogen) atoms. The minimum absolute atomic E-state index is 0.0449. The third kappa shape index (κ3) is 4.61. The van der Waals surface area contributed by atoms with E-state index in [1.54, 1.807) is 54.6 Å². The minimum atomic E-state index is -1.05. The largest absolute Gasteiger partial charge is 0.497 e. The van der Waals surface area contributed by atoms with Gasteiger partial charge in [-0.15, -0.1) is 0 Å². The van der Waals surface area contributed by atoms with Crippen LogP contribution in [-0.4, -0.2) is 13.0 Å². The minimum Gasteiger partial charge on any atom is -0.497 e. The molecule has 0 aromatic heterocycles. The average Bonchev–Trinajstić information content (AvgIpc) is 2.69. The van der Waals surface area contributed by atoms with Crippen molar-refractivity contribution in [1.82, 2.24) is 0 Å². The maximum absolute atomic E-state index is 13.5. The highest BCUT2D eigenvalue weighted by atomic mass is 19.2. The number of amides is 1. The number of anilines is 1. The first-order chi connectivity index (χ1) is 13.1. The van der Waals surface area contributed by atoms with Gasteiger partial charge in [-0.25, -0.2) is 8.78 Å². The maximum Gasteiger partial charge on any atom is 0.270 e. The van der Waals surface area contributed by atoms with Gasteiger partial charge >= 0.3 is 0 Å². The Morgan fingerprint density at radius 2 is 1.67 bits per heavy atom. The molecule has 3 rings (SSSR count). The van der Waals surface area contributed by atoms with Crippen LogP contribution < -0.4 is 14.8 Å². The van der Waals surface area contributed by atoms with E-state index in [1.165, 1.54) is 13.2 Å². The van der Waals surface area contributed by atoms with E-state index in [0.717, 1.165) is 12.1 Å². The van der Waals surface area contributed by atoms with Crippen molar-refractivity contribution in [2.45, 2.75) is 6.10 Å².